The number of guanidine groups is 2. The van der Waals surface area contributed by atoms with Crippen LogP contribution >= 0.6 is 0 Å². The highest BCUT2D eigenvalue weighted by Crippen LogP contribution is 2.26. The molecule has 2 fully saturated rings. The summed E-state index contributed by atoms with van der Waals surface area (Å²) in [4.78, 5) is 61.3. The van der Waals surface area contributed by atoms with Crippen LogP contribution < -0.4 is 10.6 Å². The SMILES string of the molecule is O=C(NCCN1CCCN2CCCN=C21)c1ccc2nc(-c3ccc(-c4nc5ccc(C(=O)NCCN6CCCN7CCCN=C76)cc5[nH]4)cc3)[nH]c2c1. The molecule has 4 aliphatic rings. The molecule has 0 aliphatic carbocycles. The van der Waals surface area contributed by atoms with E-state index in [0.29, 0.717) is 24.2 Å². The summed E-state index contributed by atoms with van der Waals surface area (Å²) in [6.45, 7) is 10.6. The first-order chi connectivity index (χ1) is 26.6. The van der Waals surface area contributed by atoms with E-state index < -0.39 is 0 Å². The second-order valence-corrected chi connectivity index (χ2v) is 14.4. The van der Waals surface area contributed by atoms with Crippen LogP contribution in [0.1, 0.15) is 46.4 Å². The van der Waals surface area contributed by atoms with Gasteiger partial charge in [0.2, 0.25) is 0 Å². The molecule has 3 aromatic carbocycles. The van der Waals surface area contributed by atoms with E-state index >= 15 is 0 Å². The fourth-order valence-corrected chi connectivity index (χ4v) is 8.01. The van der Waals surface area contributed by atoms with Gasteiger partial charge >= 0.3 is 0 Å². The summed E-state index contributed by atoms with van der Waals surface area (Å²) < 4.78 is 0. The molecule has 14 heteroatoms. The van der Waals surface area contributed by atoms with Crippen molar-refractivity contribution in [3.8, 4) is 22.8 Å². The Labute approximate surface area is 313 Å². The second kappa shape index (κ2) is 14.8. The molecular formula is C40H46N12O2. The number of hydrogen-bond acceptors (Lipinski definition) is 10. The molecule has 0 bridgehead atoms. The van der Waals surface area contributed by atoms with Crippen LogP contribution in [0.5, 0.6) is 0 Å². The predicted octanol–water partition coefficient (Wildman–Crippen LogP) is 3.77. The van der Waals surface area contributed by atoms with Crippen LogP contribution in [-0.4, -0.2) is 142 Å². The van der Waals surface area contributed by atoms with Gasteiger partial charge in [0, 0.05) is 101 Å². The number of imidazole rings is 2. The highest BCUT2D eigenvalue weighted by molar-refractivity contribution is 5.98. The number of H-pyrrole nitrogens is 2. The third-order valence-corrected chi connectivity index (χ3v) is 10.8. The Balaban J connectivity index is 0.810. The van der Waals surface area contributed by atoms with Gasteiger partial charge in [-0.3, -0.25) is 19.6 Å². The molecule has 0 saturated carbocycles. The predicted molar refractivity (Wildman–Crippen MR) is 211 cm³/mol. The van der Waals surface area contributed by atoms with Crippen molar-refractivity contribution < 1.29 is 9.59 Å². The van der Waals surface area contributed by atoms with Crippen LogP contribution in [0.25, 0.3) is 44.8 Å². The van der Waals surface area contributed by atoms with E-state index in [1.54, 1.807) is 0 Å². The Morgan fingerprint density at radius 3 is 1.48 bits per heavy atom. The third-order valence-electron chi connectivity index (χ3n) is 10.8. The average molecular weight is 727 g/mol. The molecule has 4 aliphatic heterocycles. The zero-order valence-electron chi connectivity index (χ0n) is 30.5. The second-order valence-electron chi connectivity index (χ2n) is 14.4. The van der Waals surface area contributed by atoms with Crippen molar-refractivity contribution in [3.63, 3.8) is 0 Å². The minimum Gasteiger partial charge on any atom is -0.350 e. The van der Waals surface area contributed by atoms with Crippen LogP contribution in [0.15, 0.2) is 70.6 Å². The molecule has 0 spiro atoms. The lowest BCUT2D eigenvalue weighted by Crippen LogP contribution is -2.53. The van der Waals surface area contributed by atoms with Crippen molar-refractivity contribution in [3.05, 3.63) is 71.8 Å². The average Bonchev–Trinajstić information content (AvgIpc) is 3.85. The zero-order chi connectivity index (χ0) is 36.4. The molecule has 0 radical (unpaired) electrons. The number of benzene rings is 3. The largest absolute Gasteiger partial charge is 0.350 e. The topological polar surface area (TPSA) is 153 Å². The molecule has 14 nitrogen and oxygen atoms in total. The zero-order valence-corrected chi connectivity index (χ0v) is 30.5. The van der Waals surface area contributed by atoms with Gasteiger partial charge in [0.25, 0.3) is 11.8 Å². The minimum atomic E-state index is -0.102. The Bertz CT molecular complexity index is 2080. The van der Waals surface area contributed by atoms with Crippen LogP contribution in [0.2, 0.25) is 0 Å². The van der Waals surface area contributed by atoms with Gasteiger partial charge in [0.1, 0.15) is 11.6 Å². The molecule has 54 heavy (non-hydrogen) atoms. The molecular weight excluding hydrogens is 681 g/mol. The van der Waals surface area contributed by atoms with Crippen LogP contribution in [0.3, 0.4) is 0 Å². The van der Waals surface area contributed by atoms with Crippen molar-refractivity contribution in [1.82, 2.24) is 50.2 Å². The van der Waals surface area contributed by atoms with E-state index in [-0.39, 0.29) is 11.8 Å². The van der Waals surface area contributed by atoms with E-state index in [2.05, 4.69) is 40.2 Å². The fourth-order valence-electron chi connectivity index (χ4n) is 8.01. The monoisotopic (exact) mass is 726 g/mol. The smallest absolute Gasteiger partial charge is 0.251 e. The Kier molecular flexibility index (Phi) is 9.31. The number of nitrogens with zero attached hydrogens (tertiary/aromatic N) is 8. The fraction of sp³-hybridized carbons (Fsp3) is 0.400. The quantitative estimate of drug-likeness (QED) is 0.170. The lowest BCUT2D eigenvalue weighted by atomic mass is 10.1. The van der Waals surface area contributed by atoms with Crippen LogP contribution in [0, 0.1) is 0 Å². The Morgan fingerprint density at radius 2 is 1.02 bits per heavy atom. The summed E-state index contributed by atoms with van der Waals surface area (Å²) >= 11 is 0. The first-order valence-electron chi connectivity index (χ1n) is 19.3. The number of hydrogen-bond donors (Lipinski definition) is 4. The first-order valence-corrected chi connectivity index (χ1v) is 19.3. The summed E-state index contributed by atoms with van der Waals surface area (Å²) in [6.07, 6.45) is 4.46. The number of aromatic nitrogens is 4. The van der Waals surface area contributed by atoms with Crippen molar-refractivity contribution in [2.45, 2.75) is 25.7 Å². The molecule has 2 amide bonds. The van der Waals surface area contributed by atoms with E-state index in [9.17, 15) is 9.59 Å². The van der Waals surface area contributed by atoms with Crippen molar-refractivity contribution in [2.75, 3.05) is 78.5 Å². The highest BCUT2D eigenvalue weighted by atomic mass is 16.2. The van der Waals surface area contributed by atoms with E-state index in [1.807, 2.05) is 60.7 Å². The molecule has 6 heterocycles. The number of aliphatic imine (C=N–C) groups is 2. The number of amides is 2. The molecule has 2 saturated heterocycles. The van der Waals surface area contributed by atoms with Crippen molar-refractivity contribution in [2.24, 2.45) is 9.98 Å². The van der Waals surface area contributed by atoms with Crippen LogP contribution in [0.4, 0.5) is 0 Å². The molecule has 9 rings (SSSR count). The lowest BCUT2D eigenvalue weighted by Gasteiger charge is -2.41. The molecule has 278 valence electrons. The van der Waals surface area contributed by atoms with Gasteiger partial charge in [0.05, 0.1) is 22.1 Å². The van der Waals surface area contributed by atoms with Gasteiger partial charge < -0.3 is 40.2 Å². The van der Waals surface area contributed by atoms with Gasteiger partial charge in [-0.15, -0.1) is 0 Å². The van der Waals surface area contributed by atoms with Gasteiger partial charge in [-0.2, -0.15) is 0 Å². The summed E-state index contributed by atoms with van der Waals surface area (Å²) in [5, 5.41) is 6.18. The molecule has 5 aromatic rings. The molecule has 4 N–H and O–H groups in total. The number of fused-ring (bicyclic) bond motifs is 4. The summed E-state index contributed by atoms with van der Waals surface area (Å²) in [5.74, 6) is 3.41. The molecule has 0 atom stereocenters. The lowest BCUT2D eigenvalue weighted by molar-refractivity contribution is 0.0942. The minimum absolute atomic E-state index is 0.102. The summed E-state index contributed by atoms with van der Waals surface area (Å²) in [6, 6.07) is 19.2. The Morgan fingerprint density at radius 1 is 0.574 bits per heavy atom. The van der Waals surface area contributed by atoms with Crippen molar-refractivity contribution in [1.29, 1.82) is 0 Å². The number of nitrogens with one attached hydrogen (secondary N) is 4. The van der Waals surface area contributed by atoms with E-state index in [4.69, 9.17) is 20.0 Å². The van der Waals surface area contributed by atoms with Crippen molar-refractivity contribution >= 4 is 45.8 Å². The van der Waals surface area contributed by atoms with Crippen LogP contribution in [-0.2, 0) is 0 Å². The maximum Gasteiger partial charge on any atom is 0.251 e. The molecule has 0 unspecified atom stereocenters. The van der Waals surface area contributed by atoms with Gasteiger partial charge in [-0.1, -0.05) is 24.3 Å². The number of rotatable bonds is 10. The number of carbonyl (C=O) groups is 2. The summed E-state index contributed by atoms with van der Waals surface area (Å²) in [5.41, 5.74) is 6.23. The molecule has 2 aromatic heterocycles. The first kappa shape index (κ1) is 33.9. The number of carbonyl (C=O) groups excluding carboxylic acids is 2. The maximum absolute atomic E-state index is 13.1. The van der Waals surface area contributed by atoms with E-state index in [1.165, 1.54) is 0 Å². The van der Waals surface area contributed by atoms with Gasteiger partial charge in [-0.05, 0) is 62.1 Å². The maximum atomic E-state index is 13.1. The van der Waals surface area contributed by atoms with E-state index in [0.717, 1.165) is 148 Å². The highest BCUT2D eigenvalue weighted by Gasteiger charge is 2.26. The number of aromatic amines is 2. The third kappa shape index (κ3) is 6.95. The summed E-state index contributed by atoms with van der Waals surface area (Å²) in [7, 11) is 0. The normalized spacial score (nSPS) is 17.3. The standard InChI is InChI=1S/C40H46N12O2/c53-37(41-15-23-51-21-3-19-49-17-1-13-43-39(49)51)29-9-11-31-33(25-29)47-35(45-31)27-5-7-28(8-6-27)36-46-32-12-10-30(26-34(32)48-36)38(54)42-16-24-52-22-4-20-50-18-2-14-44-40(50)52/h5-12,25-26H,1-4,13-24H2,(H,41,53)(H,42,54)(H,45,47)(H,46,48). The Hall–Kier alpha value is -5.92. The van der Waals surface area contributed by atoms with Gasteiger partial charge in [-0.25, -0.2) is 9.97 Å². The van der Waals surface area contributed by atoms with Gasteiger partial charge in [0.15, 0.2) is 11.9 Å².